The van der Waals surface area contributed by atoms with Crippen molar-refractivity contribution in [1.29, 1.82) is 0 Å². The van der Waals surface area contributed by atoms with Crippen molar-refractivity contribution in [2.24, 2.45) is 0 Å². The molecule has 1 aromatic heterocycles. The van der Waals surface area contributed by atoms with Crippen molar-refractivity contribution < 1.29 is 19.1 Å². The molecule has 5 nitrogen and oxygen atoms in total. The first-order chi connectivity index (χ1) is 6.02. The van der Waals surface area contributed by atoms with Crippen LogP contribution in [0, 0.1) is 6.92 Å². The number of carboxylic acid groups (broad SMARTS) is 1. The van der Waals surface area contributed by atoms with Gasteiger partial charge in [0.1, 0.15) is 5.76 Å². The lowest BCUT2D eigenvalue weighted by molar-refractivity contribution is -0.148. The van der Waals surface area contributed by atoms with Crippen LogP contribution in [0.5, 0.6) is 0 Å². The highest BCUT2D eigenvalue weighted by Crippen LogP contribution is 2.16. The highest BCUT2D eigenvalue weighted by atomic mass is 16.4. The number of rotatable bonds is 1. The molecule has 0 fully saturated rings. The third-order valence-electron chi connectivity index (χ3n) is 1.54. The average molecular weight is 183 g/mol. The topological polar surface area (TPSA) is 70.8 Å². The quantitative estimate of drug-likeness (QED) is 0.648. The predicted octanol–water partition coefficient (Wildman–Crippen LogP) is 0.635. The molecule has 1 heterocycles. The van der Waals surface area contributed by atoms with Gasteiger partial charge < -0.3 is 9.52 Å². The second-order valence-electron chi connectivity index (χ2n) is 2.55. The Morgan fingerprint density at radius 3 is 2.46 bits per heavy atom. The largest absolute Gasteiger partial charge is 0.474 e. The molecule has 1 N–H and O–H groups in total. The summed E-state index contributed by atoms with van der Waals surface area (Å²) in [7, 11) is 1.34. The molecule has 1 rings (SSSR count). The Hall–Kier alpha value is -1.78. The molecule has 0 aliphatic rings. The molecular weight excluding hydrogens is 174 g/mol. The minimum absolute atomic E-state index is 0.227. The monoisotopic (exact) mass is 183 g/mol. The van der Waals surface area contributed by atoms with Crippen LogP contribution in [0.15, 0.2) is 16.5 Å². The summed E-state index contributed by atoms with van der Waals surface area (Å²) in [4.78, 5) is 22.1. The van der Waals surface area contributed by atoms with E-state index in [9.17, 15) is 9.59 Å². The first-order valence-corrected chi connectivity index (χ1v) is 3.60. The zero-order valence-electron chi connectivity index (χ0n) is 7.27. The Bertz CT molecular complexity index is 342. The van der Waals surface area contributed by atoms with Gasteiger partial charge in [-0.15, -0.1) is 0 Å². The number of anilines is 1. The van der Waals surface area contributed by atoms with Crippen molar-refractivity contribution in [3.63, 3.8) is 0 Å². The maximum absolute atomic E-state index is 10.9. The average Bonchev–Trinajstić information content (AvgIpc) is 2.49. The van der Waals surface area contributed by atoms with Crippen molar-refractivity contribution in [3.05, 3.63) is 17.9 Å². The maximum Gasteiger partial charge on any atom is 0.395 e. The third-order valence-corrected chi connectivity index (χ3v) is 1.54. The zero-order valence-corrected chi connectivity index (χ0v) is 7.27. The first-order valence-electron chi connectivity index (χ1n) is 3.60. The summed E-state index contributed by atoms with van der Waals surface area (Å²) in [5.41, 5.74) is 0. The van der Waals surface area contributed by atoms with E-state index in [-0.39, 0.29) is 5.88 Å². The molecule has 0 aliphatic heterocycles. The number of aryl methyl sites for hydroxylation is 1. The second-order valence-corrected chi connectivity index (χ2v) is 2.55. The molecule has 0 aliphatic carbocycles. The lowest BCUT2D eigenvalue weighted by Crippen LogP contribution is -2.32. The number of aliphatic carboxylic acids is 1. The third kappa shape index (κ3) is 1.87. The van der Waals surface area contributed by atoms with Gasteiger partial charge in [0, 0.05) is 13.1 Å². The van der Waals surface area contributed by atoms with Crippen LogP contribution in [0.4, 0.5) is 5.88 Å². The number of nitrogens with zero attached hydrogens (tertiary/aromatic N) is 1. The van der Waals surface area contributed by atoms with Crippen LogP contribution in [-0.4, -0.2) is 24.0 Å². The highest BCUT2D eigenvalue weighted by molar-refractivity contribution is 6.36. The van der Waals surface area contributed by atoms with Gasteiger partial charge in [-0.25, -0.2) is 4.79 Å². The van der Waals surface area contributed by atoms with Crippen LogP contribution in [0.3, 0.4) is 0 Å². The van der Waals surface area contributed by atoms with Crippen LogP contribution in [0.1, 0.15) is 5.76 Å². The molecule has 5 heteroatoms. The van der Waals surface area contributed by atoms with Gasteiger partial charge in [0.2, 0.25) is 5.88 Å². The fraction of sp³-hybridized carbons (Fsp3) is 0.250. The Labute approximate surface area is 74.6 Å². The van der Waals surface area contributed by atoms with Gasteiger partial charge in [-0.2, -0.15) is 0 Å². The molecule has 0 bridgehead atoms. The smallest absolute Gasteiger partial charge is 0.395 e. The molecule has 1 amide bonds. The number of hydrogen-bond acceptors (Lipinski definition) is 3. The SMILES string of the molecule is Cc1ccc(N(C)C(=O)C(=O)O)o1. The number of hydrogen-bond donors (Lipinski definition) is 1. The van der Waals surface area contributed by atoms with E-state index in [0.29, 0.717) is 5.76 Å². The van der Waals surface area contributed by atoms with Gasteiger partial charge in [-0.05, 0) is 13.0 Å². The Balaban J connectivity index is 2.85. The van der Waals surface area contributed by atoms with Crippen molar-refractivity contribution in [2.75, 3.05) is 11.9 Å². The van der Waals surface area contributed by atoms with E-state index in [4.69, 9.17) is 9.52 Å². The minimum atomic E-state index is -1.50. The van der Waals surface area contributed by atoms with Crippen LogP contribution < -0.4 is 4.90 Å². The van der Waals surface area contributed by atoms with Crippen molar-refractivity contribution in [2.45, 2.75) is 6.92 Å². The fourth-order valence-corrected chi connectivity index (χ4v) is 0.845. The summed E-state index contributed by atoms with van der Waals surface area (Å²) in [6, 6.07) is 3.19. The Morgan fingerprint density at radius 1 is 1.46 bits per heavy atom. The van der Waals surface area contributed by atoms with Crippen LogP contribution in [0.2, 0.25) is 0 Å². The van der Waals surface area contributed by atoms with E-state index < -0.39 is 11.9 Å². The fourth-order valence-electron chi connectivity index (χ4n) is 0.845. The number of amides is 1. The molecule has 0 saturated carbocycles. The van der Waals surface area contributed by atoms with Crippen molar-refractivity contribution in [1.82, 2.24) is 0 Å². The molecule has 0 saturated heterocycles. The molecule has 70 valence electrons. The van der Waals surface area contributed by atoms with E-state index in [1.807, 2.05) is 0 Å². The van der Waals surface area contributed by atoms with Gasteiger partial charge in [0.25, 0.3) is 0 Å². The molecule has 0 spiro atoms. The Kier molecular flexibility index (Phi) is 2.36. The van der Waals surface area contributed by atoms with Gasteiger partial charge in [0.05, 0.1) is 0 Å². The molecule has 0 aromatic carbocycles. The summed E-state index contributed by atoms with van der Waals surface area (Å²) in [6.45, 7) is 1.71. The van der Waals surface area contributed by atoms with E-state index >= 15 is 0 Å². The number of furan rings is 1. The zero-order chi connectivity index (χ0) is 10.0. The first kappa shape index (κ1) is 9.31. The van der Waals surface area contributed by atoms with E-state index in [1.54, 1.807) is 13.0 Å². The summed E-state index contributed by atoms with van der Waals surface area (Å²) >= 11 is 0. The molecule has 0 atom stereocenters. The van der Waals surface area contributed by atoms with Crippen molar-refractivity contribution >= 4 is 17.8 Å². The molecule has 1 aromatic rings. The maximum atomic E-state index is 10.9. The Morgan fingerprint density at radius 2 is 2.08 bits per heavy atom. The lowest BCUT2D eigenvalue weighted by Gasteiger charge is -2.09. The van der Waals surface area contributed by atoms with Gasteiger partial charge in [-0.3, -0.25) is 9.69 Å². The van der Waals surface area contributed by atoms with Crippen LogP contribution >= 0.6 is 0 Å². The number of carboxylic acids is 1. The summed E-state index contributed by atoms with van der Waals surface area (Å²) in [6.07, 6.45) is 0. The normalized spacial score (nSPS) is 9.69. The minimum Gasteiger partial charge on any atom is -0.474 e. The summed E-state index contributed by atoms with van der Waals surface area (Å²) in [5, 5.41) is 8.39. The molecule has 0 unspecified atom stereocenters. The van der Waals surface area contributed by atoms with E-state index in [1.165, 1.54) is 13.1 Å². The van der Waals surface area contributed by atoms with Gasteiger partial charge in [-0.1, -0.05) is 0 Å². The second kappa shape index (κ2) is 3.30. The lowest BCUT2D eigenvalue weighted by atomic mass is 10.5. The number of likely N-dealkylation sites (N-methyl/N-ethyl adjacent to an activating group) is 1. The van der Waals surface area contributed by atoms with Gasteiger partial charge in [0.15, 0.2) is 0 Å². The van der Waals surface area contributed by atoms with Crippen LogP contribution in [0.25, 0.3) is 0 Å². The number of carbonyl (C=O) groups excluding carboxylic acids is 1. The van der Waals surface area contributed by atoms with Gasteiger partial charge >= 0.3 is 11.9 Å². The van der Waals surface area contributed by atoms with E-state index in [2.05, 4.69) is 0 Å². The predicted molar refractivity (Wildman–Crippen MR) is 44.5 cm³/mol. The summed E-state index contributed by atoms with van der Waals surface area (Å²) in [5.74, 6) is -1.67. The standard InChI is InChI=1S/C8H9NO4/c1-5-3-4-6(13-5)9(2)7(10)8(11)12/h3-4H,1-2H3,(H,11,12). The van der Waals surface area contributed by atoms with Crippen LogP contribution in [-0.2, 0) is 9.59 Å². The molecule has 13 heavy (non-hydrogen) atoms. The summed E-state index contributed by atoms with van der Waals surface area (Å²) < 4.78 is 5.06. The highest BCUT2D eigenvalue weighted by Gasteiger charge is 2.20. The van der Waals surface area contributed by atoms with E-state index in [0.717, 1.165) is 4.90 Å². The number of carbonyl (C=O) groups is 2. The molecule has 0 radical (unpaired) electrons. The van der Waals surface area contributed by atoms with Crippen molar-refractivity contribution in [3.8, 4) is 0 Å². The molecular formula is C8H9NO4.